The molecule has 0 aliphatic carbocycles. The smallest absolute Gasteiger partial charge is 0.119 e. The van der Waals surface area contributed by atoms with Crippen LogP contribution in [0.3, 0.4) is 0 Å². The van der Waals surface area contributed by atoms with E-state index in [2.05, 4.69) is 24.8 Å². The Hall–Kier alpha value is -1.06. The summed E-state index contributed by atoms with van der Waals surface area (Å²) in [5, 5.41) is 0. The Kier molecular flexibility index (Phi) is 4.61. The van der Waals surface area contributed by atoms with Crippen LogP contribution in [0.15, 0.2) is 24.3 Å². The number of methoxy groups -OCH3 is 1. The molecule has 1 aromatic carbocycles. The number of rotatable bonds is 5. The standard InChI is InChI=1S/C15H23NO2/c1-12(2)16-9-5-8-15(16)18-11-13-6-4-7-14(10-13)17-3/h4,6-7,10,12,15H,5,8-9,11H2,1-3H3/t15-/m0/s1. The van der Waals surface area contributed by atoms with Gasteiger partial charge in [-0.1, -0.05) is 12.1 Å². The predicted octanol–water partition coefficient (Wildman–Crippen LogP) is 3.04. The fraction of sp³-hybridized carbons (Fsp3) is 0.600. The minimum Gasteiger partial charge on any atom is -0.497 e. The second-order valence-corrected chi connectivity index (χ2v) is 5.09. The van der Waals surface area contributed by atoms with E-state index in [1.165, 1.54) is 12.0 Å². The summed E-state index contributed by atoms with van der Waals surface area (Å²) >= 11 is 0. The van der Waals surface area contributed by atoms with Crippen LogP contribution in [0.5, 0.6) is 5.75 Å². The highest BCUT2D eigenvalue weighted by Crippen LogP contribution is 2.22. The lowest BCUT2D eigenvalue weighted by atomic mass is 10.2. The molecule has 1 atom stereocenters. The highest BCUT2D eigenvalue weighted by Gasteiger charge is 2.26. The Balaban J connectivity index is 1.90. The van der Waals surface area contributed by atoms with Gasteiger partial charge in [-0.2, -0.15) is 0 Å². The molecule has 0 bridgehead atoms. The Morgan fingerprint density at radius 1 is 1.39 bits per heavy atom. The van der Waals surface area contributed by atoms with E-state index in [0.29, 0.717) is 12.6 Å². The quantitative estimate of drug-likeness (QED) is 0.800. The first-order chi connectivity index (χ1) is 8.70. The first-order valence-electron chi connectivity index (χ1n) is 6.71. The van der Waals surface area contributed by atoms with Gasteiger partial charge in [-0.15, -0.1) is 0 Å². The Labute approximate surface area is 110 Å². The second kappa shape index (κ2) is 6.21. The number of ether oxygens (including phenoxy) is 2. The molecule has 0 N–H and O–H groups in total. The van der Waals surface area contributed by atoms with Gasteiger partial charge >= 0.3 is 0 Å². The van der Waals surface area contributed by atoms with Crippen LogP contribution in [0.2, 0.25) is 0 Å². The van der Waals surface area contributed by atoms with E-state index in [1.54, 1.807) is 7.11 Å². The molecular weight excluding hydrogens is 226 g/mol. The molecule has 100 valence electrons. The van der Waals surface area contributed by atoms with Gasteiger partial charge in [0, 0.05) is 12.6 Å². The van der Waals surface area contributed by atoms with Crippen LogP contribution >= 0.6 is 0 Å². The minimum atomic E-state index is 0.274. The van der Waals surface area contributed by atoms with Gasteiger partial charge in [0.15, 0.2) is 0 Å². The fourth-order valence-electron chi connectivity index (χ4n) is 2.48. The molecule has 18 heavy (non-hydrogen) atoms. The molecule has 3 heteroatoms. The monoisotopic (exact) mass is 249 g/mol. The summed E-state index contributed by atoms with van der Waals surface area (Å²) in [4.78, 5) is 2.43. The largest absolute Gasteiger partial charge is 0.497 e. The van der Waals surface area contributed by atoms with Crippen molar-refractivity contribution in [2.45, 2.75) is 45.6 Å². The molecule has 1 fully saturated rings. The van der Waals surface area contributed by atoms with Gasteiger partial charge in [-0.3, -0.25) is 4.90 Å². The lowest BCUT2D eigenvalue weighted by Gasteiger charge is -2.28. The van der Waals surface area contributed by atoms with Crippen LogP contribution in [-0.4, -0.2) is 30.8 Å². The molecule has 0 saturated carbocycles. The molecule has 2 rings (SSSR count). The molecule has 0 spiro atoms. The third-order valence-electron chi connectivity index (χ3n) is 3.48. The highest BCUT2D eigenvalue weighted by molar-refractivity contribution is 5.27. The maximum absolute atomic E-state index is 6.03. The van der Waals surface area contributed by atoms with Crippen LogP contribution in [0, 0.1) is 0 Å². The van der Waals surface area contributed by atoms with Gasteiger partial charge in [-0.05, 0) is 44.4 Å². The van der Waals surface area contributed by atoms with Crippen molar-refractivity contribution in [1.82, 2.24) is 4.90 Å². The van der Waals surface area contributed by atoms with Crippen LogP contribution in [-0.2, 0) is 11.3 Å². The molecule has 0 unspecified atom stereocenters. The average Bonchev–Trinajstić information content (AvgIpc) is 2.85. The lowest BCUT2D eigenvalue weighted by Crippen LogP contribution is -2.37. The summed E-state index contributed by atoms with van der Waals surface area (Å²) in [6, 6.07) is 8.64. The van der Waals surface area contributed by atoms with Gasteiger partial charge in [0.1, 0.15) is 12.0 Å². The summed E-state index contributed by atoms with van der Waals surface area (Å²) in [7, 11) is 1.69. The Bertz CT molecular complexity index is 379. The van der Waals surface area contributed by atoms with Crippen molar-refractivity contribution >= 4 is 0 Å². The fourth-order valence-corrected chi connectivity index (χ4v) is 2.48. The molecule has 1 aliphatic heterocycles. The van der Waals surface area contributed by atoms with E-state index in [9.17, 15) is 0 Å². The van der Waals surface area contributed by atoms with Crippen LogP contribution < -0.4 is 4.74 Å². The molecule has 1 aromatic rings. The first-order valence-corrected chi connectivity index (χ1v) is 6.71. The van der Waals surface area contributed by atoms with Crippen LogP contribution in [0.1, 0.15) is 32.3 Å². The van der Waals surface area contributed by atoms with Gasteiger partial charge in [-0.25, -0.2) is 0 Å². The van der Waals surface area contributed by atoms with Crippen molar-refractivity contribution in [2.24, 2.45) is 0 Å². The van der Waals surface area contributed by atoms with E-state index in [0.717, 1.165) is 18.7 Å². The zero-order valence-electron chi connectivity index (χ0n) is 11.6. The van der Waals surface area contributed by atoms with E-state index in [4.69, 9.17) is 9.47 Å². The van der Waals surface area contributed by atoms with E-state index in [-0.39, 0.29) is 6.23 Å². The van der Waals surface area contributed by atoms with Gasteiger partial charge in [0.2, 0.25) is 0 Å². The van der Waals surface area contributed by atoms with Crippen molar-refractivity contribution in [1.29, 1.82) is 0 Å². The van der Waals surface area contributed by atoms with Crippen LogP contribution in [0.4, 0.5) is 0 Å². The number of likely N-dealkylation sites (tertiary alicyclic amines) is 1. The third kappa shape index (κ3) is 3.24. The Morgan fingerprint density at radius 3 is 2.94 bits per heavy atom. The number of nitrogens with zero attached hydrogens (tertiary/aromatic N) is 1. The molecule has 3 nitrogen and oxygen atoms in total. The van der Waals surface area contributed by atoms with Crippen molar-refractivity contribution in [3.05, 3.63) is 29.8 Å². The predicted molar refractivity (Wildman–Crippen MR) is 72.6 cm³/mol. The molecule has 1 saturated heterocycles. The van der Waals surface area contributed by atoms with Gasteiger partial charge < -0.3 is 9.47 Å². The topological polar surface area (TPSA) is 21.7 Å². The Morgan fingerprint density at radius 2 is 2.22 bits per heavy atom. The summed E-state index contributed by atoms with van der Waals surface area (Å²) < 4.78 is 11.3. The summed E-state index contributed by atoms with van der Waals surface area (Å²) in [5.74, 6) is 0.892. The van der Waals surface area contributed by atoms with Crippen LogP contribution in [0.25, 0.3) is 0 Å². The van der Waals surface area contributed by atoms with E-state index < -0.39 is 0 Å². The maximum atomic E-state index is 6.03. The van der Waals surface area contributed by atoms with Crippen molar-refractivity contribution in [2.75, 3.05) is 13.7 Å². The highest BCUT2D eigenvalue weighted by atomic mass is 16.5. The SMILES string of the molecule is COc1cccc(CO[C@H]2CCCN2C(C)C)c1. The second-order valence-electron chi connectivity index (χ2n) is 5.09. The van der Waals surface area contributed by atoms with Gasteiger partial charge in [0.05, 0.1) is 13.7 Å². The summed E-state index contributed by atoms with van der Waals surface area (Å²) in [6.07, 6.45) is 2.65. The normalized spacial score (nSPS) is 20.6. The van der Waals surface area contributed by atoms with Crippen molar-refractivity contribution in [3.63, 3.8) is 0 Å². The van der Waals surface area contributed by atoms with Gasteiger partial charge in [0.25, 0.3) is 0 Å². The lowest BCUT2D eigenvalue weighted by molar-refractivity contribution is -0.0574. The minimum absolute atomic E-state index is 0.274. The zero-order valence-corrected chi connectivity index (χ0v) is 11.6. The van der Waals surface area contributed by atoms with E-state index >= 15 is 0 Å². The molecule has 0 aromatic heterocycles. The average molecular weight is 249 g/mol. The third-order valence-corrected chi connectivity index (χ3v) is 3.48. The number of benzene rings is 1. The summed E-state index contributed by atoms with van der Waals surface area (Å²) in [5.41, 5.74) is 1.17. The zero-order chi connectivity index (χ0) is 13.0. The number of hydrogen-bond donors (Lipinski definition) is 0. The summed E-state index contributed by atoms with van der Waals surface area (Å²) in [6.45, 7) is 6.27. The molecule has 0 amide bonds. The number of hydrogen-bond acceptors (Lipinski definition) is 3. The molecular formula is C15H23NO2. The molecule has 1 heterocycles. The van der Waals surface area contributed by atoms with Crippen molar-refractivity contribution in [3.8, 4) is 5.75 Å². The van der Waals surface area contributed by atoms with E-state index in [1.807, 2.05) is 18.2 Å². The first kappa shape index (κ1) is 13.4. The molecule has 1 aliphatic rings. The molecule has 0 radical (unpaired) electrons. The van der Waals surface area contributed by atoms with Crippen molar-refractivity contribution < 1.29 is 9.47 Å². The maximum Gasteiger partial charge on any atom is 0.119 e.